The topological polar surface area (TPSA) is 75.3 Å². The van der Waals surface area contributed by atoms with E-state index in [1.54, 1.807) is 36.4 Å². The summed E-state index contributed by atoms with van der Waals surface area (Å²) in [7, 11) is -3.65. The minimum absolute atomic E-state index is 0.125. The van der Waals surface area contributed by atoms with E-state index in [2.05, 4.69) is 10.0 Å². The first kappa shape index (κ1) is 23.0. The molecule has 3 aromatic carbocycles. The van der Waals surface area contributed by atoms with Crippen LogP contribution in [-0.2, 0) is 21.2 Å². The molecule has 3 aromatic rings. The van der Waals surface area contributed by atoms with Crippen molar-refractivity contribution in [2.24, 2.45) is 0 Å². The zero-order valence-corrected chi connectivity index (χ0v) is 19.0. The molecule has 1 atom stereocenters. The fourth-order valence-electron chi connectivity index (χ4n) is 3.15. The number of carbonyl (C=O) groups is 1. The van der Waals surface area contributed by atoms with Crippen molar-refractivity contribution in [2.75, 3.05) is 5.32 Å². The Labute approximate surface area is 188 Å². The summed E-state index contributed by atoms with van der Waals surface area (Å²) in [5, 5.41) is 3.43. The molecular weight excluding hydrogens is 432 g/mol. The third-order valence-corrected chi connectivity index (χ3v) is 6.77. The zero-order valence-electron chi connectivity index (χ0n) is 17.4. The molecule has 0 spiro atoms. The third kappa shape index (κ3) is 6.40. The van der Waals surface area contributed by atoms with Gasteiger partial charge in [-0.25, -0.2) is 13.1 Å². The van der Waals surface area contributed by atoms with Crippen LogP contribution in [0.1, 0.15) is 36.1 Å². The van der Waals surface area contributed by atoms with Gasteiger partial charge in [0.25, 0.3) is 0 Å². The number of carbonyl (C=O) groups excluding carboxylic acids is 1. The molecule has 0 heterocycles. The number of hydrogen-bond acceptors (Lipinski definition) is 3. The molecule has 162 valence electrons. The average Bonchev–Trinajstić information content (AvgIpc) is 2.75. The van der Waals surface area contributed by atoms with Crippen molar-refractivity contribution in [3.8, 4) is 0 Å². The van der Waals surface area contributed by atoms with Crippen molar-refractivity contribution in [3.63, 3.8) is 0 Å². The highest BCUT2D eigenvalue weighted by atomic mass is 35.5. The number of halogens is 1. The van der Waals surface area contributed by atoms with Gasteiger partial charge < -0.3 is 5.32 Å². The van der Waals surface area contributed by atoms with Gasteiger partial charge in [-0.05, 0) is 61.2 Å². The van der Waals surface area contributed by atoms with Crippen LogP contribution >= 0.6 is 11.6 Å². The maximum Gasteiger partial charge on any atom is 0.241 e. The zero-order chi connectivity index (χ0) is 22.4. The molecule has 0 radical (unpaired) electrons. The van der Waals surface area contributed by atoms with Crippen LogP contribution in [0.15, 0.2) is 77.7 Å². The fraction of sp³-hybridized carbons (Fsp3) is 0.208. The van der Waals surface area contributed by atoms with Crippen LogP contribution in [0.5, 0.6) is 0 Å². The molecule has 0 aliphatic heterocycles. The standard InChI is InChI=1S/C24H25ClN2O3S/c1-17-8-12-21(25)16-23(17)26-24(28)15-11-19-9-13-22(14-10-19)31(29,30)27-18(2)20-6-4-3-5-7-20/h3-10,12-14,16,18,27H,11,15H2,1-2H3,(H,26,28)/t18-/m0/s1. The van der Waals surface area contributed by atoms with Gasteiger partial charge in [0.1, 0.15) is 0 Å². The summed E-state index contributed by atoms with van der Waals surface area (Å²) in [6.07, 6.45) is 0.779. The molecule has 7 heteroatoms. The average molecular weight is 457 g/mol. The maximum atomic E-state index is 12.7. The van der Waals surface area contributed by atoms with E-state index in [0.29, 0.717) is 17.1 Å². The van der Waals surface area contributed by atoms with Crippen LogP contribution in [0.25, 0.3) is 0 Å². The van der Waals surface area contributed by atoms with E-state index in [1.807, 2.05) is 50.2 Å². The smallest absolute Gasteiger partial charge is 0.241 e. The minimum Gasteiger partial charge on any atom is -0.326 e. The van der Waals surface area contributed by atoms with Crippen LogP contribution in [0.3, 0.4) is 0 Å². The summed E-state index contributed by atoms with van der Waals surface area (Å²) in [6.45, 7) is 3.71. The number of anilines is 1. The summed E-state index contributed by atoms with van der Waals surface area (Å²) in [5.41, 5.74) is 3.40. The number of hydrogen-bond donors (Lipinski definition) is 2. The van der Waals surface area contributed by atoms with E-state index in [4.69, 9.17) is 11.6 Å². The Kier molecular flexibility index (Phi) is 7.49. The molecule has 5 nitrogen and oxygen atoms in total. The lowest BCUT2D eigenvalue weighted by Gasteiger charge is -2.15. The SMILES string of the molecule is Cc1ccc(Cl)cc1NC(=O)CCc1ccc(S(=O)(=O)N[C@@H](C)c2ccccc2)cc1. The second-order valence-electron chi connectivity index (χ2n) is 7.41. The second-order valence-corrected chi connectivity index (χ2v) is 9.56. The molecule has 0 saturated carbocycles. The van der Waals surface area contributed by atoms with Crippen LogP contribution in [0.4, 0.5) is 5.69 Å². The Balaban J connectivity index is 1.58. The first-order chi connectivity index (χ1) is 14.7. The molecular formula is C24H25ClN2O3S. The number of nitrogens with one attached hydrogen (secondary N) is 2. The van der Waals surface area contributed by atoms with Crippen LogP contribution in [-0.4, -0.2) is 14.3 Å². The lowest BCUT2D eigenvalue weighted by molar-refractivity contribution is -0.116. The number of amides is 1. The third-order valence-electron chi connectivity index (χ3n) is 4.98. The number of rotatable bonds is 8. The summed E-state index contributed by atoms with van der Waals surface area (Å²) < 4.78 is 28.0. The van der Waals surface area contributed by atoms with Gasteiger partial charge in [-0.2, -0.15) is 0 Å². The van der Waals surface area contributed by atoms with Crippen molar-refractivity contribution in [1.29, 1.82) is 0 Å². The Morgan fingerprint density at radius 3 is 2.35 bits per heavy atom. The molecule has 1 amide bonds. The fourth-order valence-corrected chi connectivity index (χ4v) is 4.55. The summed E-state index contributed by atoms with van der Waals surface area (Å²) in [6, 6.07) is 21.0. The largest absolute Gasteiger partial charge is 0.326 e. The predicted octanol–water partition coefficient (Wildman–Crippen LogP) is 5.26. The van der Waals surface area contributed by atoms with Crippen molar-refractivity contribution in [1.82, 2.24) is 4.72 Å². The van der Waals surface area contributed by atoms with Gasteiger partial charge in [0, 0.05) is 23.2 Å². The summed E-state index contributed by atoms with van der Waals surface area (Å²) >= 11 is 5.99. The molecule has 0 aromatic heterocycles. The quantitative estimate of drug-likeness (QED) is 0.485. The number of benzene rings is 3. The summed E-state index contributed by atoms with van der Waals surface area (Å²) in [5.74, 6) is -0.125. The van der Waals surface area contributed by atoms with Gasteiger partial charge >= 0.3 is 0 Å². The van der Waals surface area contributed by atoms with Gasteiger partial charge in [0.15, 0.2) is 0 Å². The monoisotopic (exact) mass is 456 g/mol. The van der Waals surface area contributed by atoms with Crippen molar-refractivity contribution in [3.05, 3.63) is 94.5 Å². The van der Waals surface area contributed by atoms with Gasteiger partial charge in [0.05, 0.1) is 4.90 Å². The van der Waals surface area contributed by atoms with Crippen molar-refractivity contribution >= 4 is 33.2 Å². The molecule has 0 aliphatic carbocycles. The van der Waals surface area contributed by atoms with Crippen LogP contribution in [0, 0.1) is 6.92 Å². The van der Waals surface area contributed by atoms with Crippen molar-refractivity contribution < 1.29 is 13.2 Å². The lowest BCUT2D eigenvalue weighted by atomic mass is 10.1. The Hall–Kier alpha value is -2.67. The van der Waals surface area contributed by atoms with E-state index in [1.165, 1.54) is 0 Å². The maximum absolute atomic E-state index is 12.7. The molecule has 0 fully saturated rings. The van der Waals surface area contributed by atoms with Gasteiger partial charge in [-0.1, -0.05) is 60.1 Å². The normalized spacial score (nSPS) is 12.4. The van der Waals surface area contributed by atoms with E-state index in [9.17, 15) is 13.2 Å². The van der Waals surface area contributed by atoms with Gasteiger partial charge in [-0.3, -0.25) is 4.79 Å². The summed E-state index contributed by atoms with van der Waals surface area (Å²) in [4.78, 5) is 12.5. The van der Waals surface area contributed by atoms with E-state index in [-0.39, 0.29) is 23.3 Å². The molecule has 2 N–H and O–H groups in total. The molecule has 0 bridgehead atoms. The Bertz CT molecular complexity index is 1150. The number of sulfonamides is 1. The first-order valence-corrected chi connectivity index (χ1v) is 11.8. The second kappa shape index (κ2) is 10.1. The van der Waals surface area contributed by atoms with E-state index < -0.39 is 10.0 Å². The van der Waals surface area contributed by atoms with E-state index >= 15 is 0 Å². The molecule has 0 aliphatic rings. The minimum atomic E-state index is -3.65. The van der Waals surface area contributed by atoms with Crippen LogP contribution < -0.4 is 10.0 Å². The lowest BCUT2D eigenvalue weighted by Crippen LogP contribution is -2.26. The Morgan fingerprint density at radius 1 is 1.00 bits per heavy atom. The van der Waals surface area contributed by atoms with Gasteiger partial charge in [0.2, 0.25) is 15.9 Å². The van der Waals surface area contributed by atoms with Gasteiger partial charge in [-0.15, -0.1) is 0 Å². The highest BCUT2D eigenvalue weighted by Crippen LogP contribution is 2.21. The predicted molar refractivity (Wildman–Crippen MR) is 125 cm³/mol. The van der Waals surface area contributed by atoms with Crippen molar-refractivity contribution in [2.45, 2.75) is 37.6 Å². The highest BCUT2D eigenvalue weighted by molar-refractivity contribution is 7.89. The molecule has 3 rings (SSSR count). The van der Waals surface area contributed by atoms with E-state index in [0.717, 1.165) is 16.7 Å². The van der Waals surface area contributed by atoms with Crippen LogP contribution in [0.2, 0.25) is 5.02 Å². The molecule has 0 saturated heterocycles. The highest BCUT2D eigenvalue weighted by Gasteiger charge is 2.18. The first-order valence-electron chi connectivity index (χ1n) is 9.97. The Morgan fingerprint density at radius 2 is 1.68 bits per heavy atom. The number of aryl methyl sites for hydroxylation is 2. The molecule has 31 heavy (non-hydrogen) atoms. The molecule has 0 unspecified atom stereocenters.